The first-order valence-corrected chi connectivity index (χ1v) is 12.8. The van der Waals surface area contributed by atoms with Crippen molar-refractivity contribution in [3.63, 3.8) is 0 Å². The molecule has 0 saturated carbocycles. The number of nitrogens with one attached hydrogen (secondary N) is 3. The second kappa shape index (κ2) is 11.7. The molecule has 1 aromatic carbocycles. The van der Waals surface area contributed by atoms with E-state index in [-0.39, 0.29) is 68.8 Å². The van der Waals surface area contributed by atoms with E-state index in [9.17, 15) is 19.2 Å². The Morgan fingerprint density at radius 3 is 2.56 bits per heavy atom. The van der Waals surface area contributed by atoms with Gasteiger partial charge in [0.05, 0.1) is 39.0 Å². The summed E-state index contributed by atoms with van der Waals surface area (Å²) in [5.41, 5.74) is -0.0985. The molecule has 0 spiro atoms. The monoisotopic (exact) mass is 574 g/mol. The molecule has 41 heavy (non-hydrogen) atoms. The number of piperazine rings is 1. The highest BCUT2D eigenvalue weighted by atomic mass is 19.1. The fourth-order valence-corrected chi connectivity index (χ4v) is 4.74. The van der Waals surface area contributed by atoms with E-state index in [0.29, 0.717) is 12.4 Å². The van der Waals surface area contributed by atoms with E-state index in [1.807, 2.05) is 0 Å². The number of carbonyl (C=O) groups is 4. The van der Waals surface area contributed by atoms with E-state index in [2.05, 4.69) is 25.7 Å². The fraction of sp³-hybridized carbons (Fsp3) is 0.400. The number of benzene rings is 1. The van der Waals surface area contributed by atoms with Crippen molar-refractivity contribution in [2.75, 3.05) is 62.7 Å². The number of amides is 4. The third kappa shape index (κ3) is 6.00. The summed E-state index contributed by atoms with van der Waals surface area (Å²) in [6.07, 6.45) is 2.83. The molecule has 16 heteroatoms. The second-order valence-electron chi connectivity index (χ2n) is 9.44. The van der Waals surface area contributed by atoms with Gasteiger partial charge in [0.25, 0.3) is 5.91 Å². The number of cyclic esters (lactones) is 1. The minimum absolute atomic E-state index is 0.0182. The van der Waals surface area contributed by atoms with Gasteiger partial charge in [-0.1, -0.05) is 0 Å². The summed E-state index contributed by atoms with van der Waals surface area (Å²) in [4.78, 5) is 56.9. The minimum Gasteiger partial charge on any atom is -0.453 e. The maximum atomic E-state index is 15.1. The summed E-state index contributed by atoms with van der Waals surface area (Å²) in [5.74, 6) is -1.88. The van der Waals surface area contributed by atoms with E-state index in [0.717, 1.165) is 17.0 Å². The maximum absolute atomic E-state index is 15.1. The van der Waals surface area contributed by atoms with Gasteiger partial charge in [-0.15, -0.1) is 0 Å². The lowest BCUT2D eigenvalue weighted by Crippen LogP contribution is -2.51. The second-order valence-corrected chi connectivity index (χ2v) is 9.44. The topological polar surface area (TPSA) is 150 Å². The van der Waals surface area contributed by atoms with Crippen LogP contribution in [-0.4, -0.2) is 97.5 Å². The van der Waals surface area contributed by atoms with Gasteiger partial charge >= 0.3 is 12.2 Å². The van der Waals surface area contributed by atoms with Gasteiger partial charge in [-0.3, -0.25) is 14.5 Å². The standard InChI is InChI=1S/C25H28F2N8O6/c1-40-24(38)30-10-16-13-35(25(39)41-16)15-8-17(26)22(18(27)9-15)33-6-4-32(5-7-33)21(36)12-29-23(37)19-14-34-3-2-28-11-20(34)31-19/h2-3,8-9,14,16,28H,4-7,10-13H2,1H3,(H,29,37)(H,30,38)/t16-/m0/s1. The summed E-state index contributed by atoms with van der Waals surface area (Å²) in [6, 6.07) is 2.09. The molecule has 14 nitrogen and oxygen atoms in total. The Labute approximate surface area is 232 Å². The van der Waals surface area contributed by atoms with Crippen LogP contribution in [0.15, 0.2) is 24.5 Å². The van der Waals surface area contributed by atoms with E-state index in [4.69, 9.17) is 4.74 Å². The zero-order valence-electron chi connectivity index (χ0n) is 22.1. The van der Waals surface area contributed by atoms with Crippen LogP contribution in [0.2, 0.25) is 0 Å². The van der Waals surface area contributed by atoms with Crippen LogP contribution in [0, 0.1) is 11.6 Å². The smallest absolute Gasteiger partial charge is 0.414 e. The first kappa shape index (κ1) is 27.7. The Morgan fingerprint density at radius 2 is 1.88 bits per heavy atom. The van der Waals surface area contributed by atoms with Crippen molar-refractivity contribution in [1.82, 2.24) is 30.4 Å². The zero-order valence-corrected chi connectivity index (χ0v) is 22.1. The molecule has 0 unspecified atom stereocenters. The maximum Gasteiger partial charge on any atom is 0.414 e. The van der Waals surface area contributed by atoms with Gasteiger partial charge in [0.2, 0.25) is 5.91 Å². The predicted octanol–water partition coefficient (Wildman–Crippen LogP) is 0.453. The molecule has 3 aliphatic rings. The van der Waals surface area contributed by atoms with Gasteiger partial charge < -0.3 is 39.8 Å². The minimum atomic E-state index is -0.871. The van der Waals surface area contributed by atoms with Crippen LogP contribution >= 0.6 is 0 Å². The number of rotatable bonds is 7. The zero-order chi connectivity index (χ0) is 29.1. The van der Waals surface area contributed by atoms with Gasteiger partial charge in [-0.25, -0.2) is 23.4 Å². The number of ether oxygens (including phenoxy) is 2. The highest BCUT2D eigenvalue weighted by Crippen LogP contribution is 2.31. The number of methoxy groups -OCH3 is 1. The van der Waals surface area contributed by atoms with E-state index < -0.39 is 35.8 Å². The number of carbonyl (C=O) groups excluding carboxylic acids is 4. The van der Waals surface area contributed by atoms with E-state index in [1.165, 1.54) is 16.9 Å². The molecule has 4 heterocycles. The van der Waals surface area contributed by atoms with Gasteiger partial charge in [0.1, 0.15) is 23.3 Å². The average Bonchev–Trinajstić information content (AvgIpc) is 3.57. The number of halogens is 2. The largest absolute Gasteiger partial charge is 0.453 e. The van der Waals surface area contributed by atoms with Gasteiger partial charge in [-0.2, -0.15) is 0 Å². The molecule has 1 aromatic heterocycles. The Morgan fingerprint density at radius 1 is 1.15 bits per heavy atom. The van der Waals surface area contributed by atoms with Crippen LogP contribution in [0.4, 0.5) is 29.7 Å². The quantitative estimate of drug-likeness (QED) is 0.428. The molecule has 1 atom stereocenters. The van der Waals surface area contributed by atoms with Crippen LogP contribution in [-0.2, 0) is 20.8 Å². The van der Waals surface area contributed by atoms with Crippen molar-refractivity contribution in [2.45, 2.75) is 12.6 Å². The van der Waals surface area contributed by atoms with Crippen molar-refractivity contribution < 1.29 is 37.4 Å². The summed E-state index contributed by atoms with van der Waals surface area (Å²) in [7, 11) is 1.19. The summed E-state index contributed by atoms with van der Waals surface area (Å²) >= 11 is 0. The summed E-state index contributed by atoms with van der Waals surface area (Å²) in [5, 5.41) is 7.97. The molecular formula is C25H28F2N8O6. The molecule has 5 rings (SSSR count). The number of alkyl carbamates (subject to hydrolysis) is 1. The van der Waals surface area contributed by atoms with Crippen molar-refractivity contribution in [3.05, 3.63) is 47.7 Å². The normalized spacial score (nSPS) is 18.0. The molecule has 3 N–H and O–H groups in total. The van der Waals surface area contributed by atoms with E-state index >= 15 is 8.78 Å². The van der Waals surface area contributed by atoms with Crippen molar-refractivity contribution in [3.8, 4) is 0 Å². The molecule has 0 radical (unpaired) electrons. The van der Waals surface area contributed by atoms with Crippen LogP contribution in [0.1, 0.15) is 16.3 Å². The number of hydrogen-bond donors (Lipinski definition) is 3. The number of aromatic nitrogens is 2. The van der Waals surface area contributed by atoms with Crippen molar-refractivity contribution >= 4 is 41.6 Å². The fourth-order valence-electron chi connectivity index (χ4n) is 4.74. The number of fused-ring (bicyclic) bond motifs is 1. The lowest BCUT2D eigenvalue weighted by molar-refractivity contribution is -0.130. The van der Waals surface area contributed by atoms with Crippen molar-refractivity contribution in [1.29, 1.82) is 0 Å². The first-order valence-electron chi connectivity index (χ1n) is 12.8. The number of imidazole rings is 1. The lowest BCUT2D eigenvalue weighted by Gasteiger charge is -2.36. The SMILES string of the molecule is COC(=O)NC[C@H]1CN(c2cc(F)c(N3CCN(C(=O)CNC(=O)c4cn5c(n4)CNC=C5)CC3)c(F)c2)C(=O)O1. The van der Waals surface area contributed by atoms with Gasteiger partial charge in [-0.05, 0) is 0 Å². The lowest BCUT2D eigenvalue weighted by atomic mass is 10.2. The molecule has 2 saturated heterocycles. The highest BCUT2D eigenvalue weighted by Gasteiger charge is 2.34. The Balaban J connectivity index is 1.13. The van der Waals surface area contributed by atoms with E-state index in [1.54, 1.807) is 23.2 Å². The Hall–Kier alpha value is -4.89. The highest BCUT2D eigenvalue weighted by molar-refractivity contribution is 5.95. The third-order valence-electron chi connectivity index (χ3n) is 6.85. The average molecular weight is 575 g/mol. The number of nitrogens with zero attached hydrogens (tertiary/aromatic N) is 5. The Bertz CT molecular complexity index is 1370. The van der Waals surface area contributed by atoms with Crippen molar-refractivity contribution in [2.24, 2.45) is 0 Å². The predicted molar refractivity (Wildman–Crippen MR) is 140 cm³/mol. The Kier molecular flexibility index (Phi) is 7.89. The molecule has 2 fully saturated rings. The number of anilines is 2. The summed E-state index contributed by atoms with van der Waals surface area (Å²) < 4.78 is 41.6. The molecule has 3 aliphatic heterocycles. The molecule has 0 aliphatic carbocycles. The molecule has 2 aromatic rings. The third-order valence-corrected chi connectivity index (χ3v) is 6.85. The van der Waals surface area contributed by atoms with Gasteiger partial charge in [0.15, 0.2) is 11.6 Å². The van der Waals surface area contributed by atoms with Crippen LogP contribution in [0.5, 0.6) is 0 Å². The molecule has 4 amide bonds. The molecular weight excluding hydrogens is 546 g/mol. The molecule has 0 bridgehead atoms. The molecule has 218 valence electrons. The van der Waals surface area contributed by atoms with Gasteiger partial charge in [0, 0.05) is 56.9 Å². The number of hydrogen-bond acceptors (Lipinski definition) is 9. The van der Waals surface area contributed by atoms with Crippen LogP contribution < -0.4 is 25.8 Å². The van der Waals surface area contributed by atoms with Crippen LogP contribution in [0.25, 0.3) is 6.20 Å². The summed E-state index contributed by atoms with van der Waals surface area (Å²) in [6.45, 7) is 0.907. The van der Waals surface area contributed by atoms with Crippen LogP contribution in [0.3, 0.4) is 0 Å². The first-order chi connectivity index (χ1) is 19.7.